The van der Waals surface area contributed by atoms with Gasteiger partial charge in [0.15, 0.2) is 0 Å². The van der Waals surface area contributed by atoms with Gasteiger partial charge in [-0.2, -0.15) is 0 Å². The van der Waals surface area contributed by atoms with Crippen molar-refractivity contribution in [2.75, 3.05) is 13.1 Å². The van der Waals surface area contributed by atoms with Gasteiger partial charge in [0.2, 0.25) is 5.91 Å². The average molecular weight is 269 g/mol. The molecule has 1 aliphatic heterocycles. The van der Waals surface area contributed by atoms with Crippen molar-refractivity contribution in [1.29, 1.82) is 0 Å². The molecule has 3 nitrogen and oxygen atoms in total. The summed E-state index contributed by atoms with van der Waals surface area (Å²) in [6, 6.07) is 10.3. The summed E-state index contributed by atoms with van der Waals surface area (Å²) in [5, 5.41) is 6.25. The van der Waals surface area contributed by atoms with E-state index in [9.17, 15) is 4.79 Å². The SMILES string of the molecule is Cl.O=C(NCCc1ccccc1)[C@@H]1CCCCN1. The number of halogens is 1. The number of carbonyl (C=O) groups excluding carboxylic acids is 1. The van der Waals surface area contributed by atoms with E-state index in [0.717, 1.165) is 32.4 Å². The Kier molecular flexibility index (Phi) is 6.76. The van der Waals surface area contributed by atoms with E-state index in [-0.39, 0.29) is 24.4 Å². The normalized spacial score (nSPS) is 18.8. The number of piperidine rings is 1. The largest absolute Gasteiger partial charge is 0.354 e. The van der Waals surface area contributed by atoms with E-state index < -0.39 is 0 Å². The smallest absolute Gasteiger partial charge is 0.237 e. The predicted molar refractivity (Wildman–Crippen MR) is 76.0 cm³/mol. The molecule has 1 atom stereocenters. The molecule has 0 radical (unpaired) electrons. The first-order valence-electron chi connectivity index (χ1n) is 6.41. The lowest BCUT2D eigenvalue weighted by atomic mass is 10.0. The summed E-state index contributed by atoms with van der Waals surface area (Å²) in [4.78, 5) is 11.8. The van der Waals surface area contributed by atoms with Gasteiger partial charge in [-0.05, 0) is 31.4 Å². The molecule has 18 heavy (non-hydrogen) atoms. The standard InChI is InChI=1S/C14H20N2O.ClH/c17-14(13-8-4-5-10-15-13)16-11-9-12-6-2-1-3-7-12;/h1-3,6-7,13,15H,4-5,8-11H2,(H,16,17);1H/t13-;/m0./s1. The van der Waals surface area contributed by atoms with Gasteiger partial charge in [0.25, 0.3) is 0 Å². The molecule has 0 spiro atoms. The van der Waals surface area contributed by atoms with Gasteiger partial charge in [0.05, 0.1) is 6.04 Å². The van der Waals surface area contributed by atoms with Crippen LogP contribution in [0, 0.1) is 0 Å². The maximum atomic E-state index is 11.8. The Labute approximate surface area is 115 Å². The fourth-order valence-corrected chi connectivity index (χ4v) is 2.17. The Hall–Kier alpha value is -1.06. The summed E-state index contributed by atoms with van der Waals surface area (Å²) in [7, 11) is 0. The van der Waals surface area contributed by atoms with Crippen molar-refractivity contribution in [1.82, 2.24) is 10.6 Å². The van der Waals surface area contributed by atoms with Gasteiger partial charge < -0.3 is 10.6 Å². The lowest BCUT2D eigenvalue weighted by Crippen LogP contribution is -2.47. The second-order valence-electron chi connectivity index (χ2n) is 4.53. The third-order valence-electron chi connectivity index (χ3n) is 3.18. The van der Waals surface area contributed by atoms with E-state index in [0.29, 0.717) is 0 Å². The highest BCUT2D eigenvalue weighted by Gasteiger charge is 2.19. The number of amides is 1. The maximum Gasteiger partial charge on any atom is 0.237 e. The van der Waals surface area contributed by atoms with Crippen LogP contribution in [0.3, 0.4) is 0 Å². The van der Waals surface area contributed by atoms with Crippen LogP contribution in [0.25, 0.3) is 0 Å². The first-order valence-corrected chi connectivity index (χ1v) is 6.41. The highest BCUT2D eigenvalue weighted by Crippen LogP contribution is 2.06. The molecule has 0 bridgehead atoms. The number of rotatable bonds is 4. The fourth-order valence-electron chi connectivity index (χ4n) is 2.17. The van der Waals surface area contributed by atoms with Crippen LogP contribution in [-0.2, 0) is 11.2 Å². The van der Waals surface area contributed by atoms with Crippen LogP contribution in [0.5, 0.6) is 0 Å². The number of hydrogen-bond donors (Lipinski definition) is 2. The number of nitrogens with one attached hydrogen (secondary N) is 2. The van der Waals surface area contributed by atoms with Crippen molar-refractivity contribution >= 4 is 18.3 Å². The minimum atomic E-state index is 0. The Morgan fingerprint density at radius 3 is 2.72 bits per heavy atom. The molecular formula is C14H21ClN2O. The molecule has 1 saturated heterocycles. The molecule has 1 heterocycles. The van der Waals surface area contributed by atoms with Crippen molar-refractivity contribution in [3.05, 3.63) is 35.9 Å². The molecule has 100 valence electrons. The highest BCUT2D eigenvalue weighted by molar-refractivity contribution is 5.85. The molecule has 1 aliphatic rings. The van der Waals surface area contributed by atoms with Gasteiger partial charge in [0.1, 0.15) is 0 Å². The van der Waals surface area contributed by atoms with Crippen LogP contribution >= 0.6 is 12.4 Å². The van der Waals surface area contributed by atoms with Gasteiger partial charge in [0, 0.05) is 6.54 Å². The van der Waals surface area contributed by atoms with Gasteiger partial charge in [-0.25, -0.2) is 0 Å². The van der Waals surface area contributed by atoms with E-state index in [2.05, 4.69) is 22.8 Å². The second kappa shape index (κ2) is 8.11. The van der Waals surface area contributed by atoms with Crippen LogP contribution < -0.4 is 10.6 Å². The van der Waals surface area contributed by atoms with Gasteiger partial charge in [-0.3, -0.25) is 4.79 Å². The third-order valence-corrected chi connectivity index (χ3v) is 3.18. The van der Waals surface area contributed by atoms with Gasteiger partial charge >= 0.3 is 0 Å². The zero-order valence-electron chi connectivity index (χ0n) is 10.5. The molecule has 0 saturated carbocycles. The van der Waals surface area contributed by atoms with E-state index in [1.165, 1.54) is 12.0 Å². The quantitative estimate of drug-likeness (QED) is 0.876. The van der Waals surface area contributed by atoms with Crippen LogP contribution in [0.15, 0.2) is 30.3 Å². The minimum Gasteiger partial charge on any atom is -0.354 e. The van der Waals surface area contributed by atoms with E-state index in [1.54, 1.807) is 0 Å². The Morgan fingerprint density at radius 1 is 1.28 bits per heavy atom. The lowest BCUT2D eigenvalue weighted by molar-refractivity contribution is -0.123. The summed E-state index contributed by atoms with van der Waals surface area (Å²) in [6.07, 6.45) is 4.22. The van der Waals surface area contributed by atoms with Crippen molar-refractivity contribution in [3.63, 3.8) is 0 Å². The monoisotopic (exact) mass is 268 g/mol. The molecular weight excluding hydrogens is 248 g/mol. The van der Waals surface area contributed by atoms with Crippen LogP contribution in [0.1, 0.15) is 24.8 Å². The Morgan fingerprint density at radius 2 is 2.06 bits per heavy atom. The first kappa shape index (κ1) is 15.0. The zero-order chi connectivity index (χ0) is 11.9. The number of carbonyl (C=O) groups is 1. The summed E-state index contributed by atoms with van der Waals surface area (Å²) in [5.41, 5.74) is 1.27. The minimum absolute atomic E-state index is 0. The summed E-state index contributed by atoms with van der Waals surface area (Å²) in [6.45, 7) is 1.69. The van der Waals surface area contributed by atoms with Crippen molar-refractivity contribution in [2.24, 2.45) is 0 Å². The van der Waals surface area contributed by atoms with Crippen LogP contribution in [-0.4, -0.2) is 25.0 Å². The molecule has 1 amide bonds. The third kappa shape index (κ3) is 4.67. The number of hydrogen-bond acceptors (Lipinski definition) is 2. The van der Waals surface area contributed by atoms with Gasteiger partial charge in [-0.15, -0.1) is 12.4 Å². The van der Waals surface area contributed by atoms with Crippen molar-refractivity contribution < 1.29 is 4.79 Å². The molecule has 1 fully saturated rings. The zero-order valence-corrected chi connectivity index (χ0v) is 11.3. The Bertz CT molecular complexity index is 350. The summed E-state index contributed by atoms with van der Waals surface area (Å²) in [5.74, 6) is 0.153. The summed E-state index contributed by atoms with van der Waals surface area (Å²) < 4.78 is 0. The van der Waals surface area contributed by atoms with Crippen molar-refractivity contribution in [2.45, 2.75) is 31.7 Å². The van der Waals surface area contributed by atoms with E-state index in [1.807, 2.05) is 18.2 Å². The highest BCUT2D eigenvalue weighted by atomic mass is 35.5. The lowest BCUT2D eigenvalue weighted by Gasteiger charge is -2.22. The molecule has 4 heteroatoms. The van der Waals surface area contributed by atoms with Crippen molar-refractivity contribution in [3.8, 4) is 0 Å². The number of benzene rings is 1. The molecule has 0 unspecified atom stereocenters. The van der Waals surface area contributed by atoms with E-state index in [4.69, 9.17) is 0 Å². The maximum absolute atomic E-state index is 11.8. The average Bonchev–Trinajstić information content (AvgIpc) is 2.41. The fraction of sp³-hybridized carbons (Fsp3) is 0.500. The molecule has 1 aromatic rings. The Balaban J connectivity index is 0.00000162. The predicted octanol–water partition coefficient (Wildman–Crippen LogP) is 1.91. The van der Waals surface area contributed by atoms with Gasteiger partial charge in [-0.1, -0.05) is 36.8 Å². The molecule has 2 N–H and O–H groups in total. The van der Waals surface area contributed by atoms with Crippen LogP contribution in [0.4, 0.5) is 0 Å². The topological polar surface area (TPSA) is 41.1 Å². The first-order chi connectivity index (χ1) is 8.36. The van der Waals surface area contributed by atoms with E-state index >= 15 is 0 Å². The van der Waals surface area contributed by atoms with Crippen LogP contribution in [0.2, 0.25) is 0 Å². The molecule has 2 rings (SSSR count). The summed E-state index contributed by atoms with van der Waals surface area (Å²) >= 11 is 0. The molecule has 0 aromatic heterocycles. The second-order valence-corrected chi connectivity index (χ2v) is 4.53. The molecule has 1 aromatic carbocycles. The molecule has 0 aliphatic carbocycles.